The summed E-state index contributed by atoms with van der Waals surface area (Å²) in [6.45, 7) is 3.44. The van der Waals surface area contributed by atoms with Crippen molar-refractivity contribution >= 4 is 55.1 Å². The fourth-order valence-corrected chi connectivity index (χ4v) is 4.53. The molecule has 0 heterocycles. The zero-order valence-electron chi connectivity index (χ0n) is 18.5. The van der Waals surface area contributed by atoms with Crippen LogP contribution in [-0.4, -0.2) is 50.5 Å². The van der Waals surface area contributed by atoms with Gasteiger partial charge in [0.15, 0.2) is 0 Å². The highest BCUT2D eigenvalue weighted by Crippen LogP contribution is 2.25. The number of carbonyl (C=O) groups excluding carboxylic acids is 2. The highest BCUT2D eigenvalue weighted by molar-refractivity contribution is 9.10. The second-order valence-corrected chi connectivity index (χ2v) is 10.7. The number of benzene rings is 2. The van der Waals surface area contributed by atoms with Gasteiger partial charge in [-0.1, -0.05) is 46.6 Å². The lowest BCUT2D eigenvalue weighted by atomic mass is 10.1. The number of hydrogen-bond donors (Lipinski definition) is 1. The number of sulfonamides is 1. The van der Waals surface area contributed by atoms with E-state index < -0.39 is 34.3 Å². The molecule has 0 aliphatic carbocycles. The Morgan fingerprint density at radius 1 is 1.21 bits per heavy atom. The summed E-state index contributed by atoms with van der Waals surface area (Å²) in [5.74, 6) is -1.66. The number of amides is 2. The number of anilines is 1. The smallest absolute Gasteiger partial charge is 0.244 e. The van der Waals surface area contributed by atoms with Crippen LogP contribution >= 0.6 is 27.5 Å². The van der Waals surface area contributed by atoms with Crippen molar-refractivity contribution in [3.8, 4) is 0 Å². The summed E-state index contributed by atoms with van der Waals surface area (Å²) in [5, 5.41) is 2.49. The molecule has 0 aliphatic rings. The van der Waals surface area contributed by atoms with Gasteiger partial charge in [-0.2, -0.15) is 0 Å². The molecule has 2 aromatic rings. The van der Waals surface area contributed by atoms with Gasteiger partial charge in [0.05, 0.1) is 17.0 Å². The largest absolute Gasteiger partial charge is 0.354 e. The molecule has 11 heteroatoms. The molecule has 7 nitrogen and oxygen atoms in total. The molecule has 0 saturated carbocycles. The summed E-state index contributed by atoms with van der Waals surface area (Å²) in [7, 11) is -3.92. The van der Waals surface area contributed by atoms with E-state index in [0.29, 0.717) is 6.54 Å². The fraction of sp³-hybridized carbons (Fsp3) is 0.364. The Bertz CT molecular complexity index is 1120. The van der Waals surface area contributed by atoms with Crippen LogP contribution in [0, 0.1) is 5.82 Å². The minimum Gasteiger partial charge on any atom is -0.354 e. The van der Waals surface area contributed by atoms with E-state index in [9.17, 15) is 22.4 Å². The first-order valence-corrected chi connectivity index (χ1v) is 13.2. The number of hydrogen-bond acceptors (Lipinski definition) is 4. The van der Waals surface area contributed by atoms with E-state index in [1.807, 2.05) is 19.1 Å². The third-order valence-electron chi connectivity index (χ3n) is 4.83. The van der Waals surface area contributed by atoms with Gasteiger partial charge < -0.3 is 10.2 Å². The molecule has 0 unspecified atom stereocenters. The van der Waals surface area contributed by atoms with E-state index in [1.165, 1.54) is 11.0 Å². The van der Waals surface area contributed by atoms with Crippen molar-refractivity contribution in [3.63, 3.8) is 0 Å². The maximum Gasteiger partial charge on any atom is 0.244 e. The maximum absolute atomic E-state index is 13.6. The molecule has 2 aromatic carbocycles. The molecule has 2 rings (SSSR count). The second-order valence-electron chi connectivity index (χ2n) is 7.49. The molecule has 0 spiro atoms. The quantitative estimate of drug-likeness (QED) is 0.475. The number of halogens is 3. The zero-order valence-corrected chi connectivity index (χ0v) is 21.7. The summed E-state index contributed by atoms with van der Waals surface area (Å²) in [5.41, 5.74) is 0.798. The van der Waals surface area contributed by atoms with Crippen molar-refractivity contribution in [1.82, 2.24) is 10.2 Å². The van der Waals surface area contributed by atoms with E-state index in [0.717, 1.165) is 39.2 Å². The van der Waals surface area contributed by atoms with E-state index in [2.05, 4.69) is 21.2 Å². The van der Waals surface area contributed by atoms with Crippen LogP contribution in [0.1, 0.15) is 25.8 Å². The molecule has 0 saturated heterocycles. The number of nitrogens with zero attached hydrogens (tertiary/aromatic N) is 2. The Balaban J connectivity index is 2.39. The van der Waals surface area contributed by atoms with Crippen molar-refractivity contribution in [1.29, 1.82) is 0 Å². The predicted octanol–water partition coefficient (Wildman–Crippen LogP) is 3.95. The molecule has 1 atom stereocenters. The van der Waals surface area contributed by atoms with Crippen LogP contribution < -0.4 is 9.62 Å². The van der Waals surface area contributed by atoms with Crippen LogP contribution in [0.15, 0.2) is 46.9 Å². The van der Waals surface area contributed by atoms with Crippen molar-refractivity contribution in [2.24, 2.45) is 0 Å². The first kappa shape index (κ1) is 27.1. The van der Waals surface area contributed by atoms with Crippen LogP contribution in [0.5, 0.6) is 0 Å². The Hall–Kier alpha value is -2.17. The third-order valence-corrected chi connectivity index (χ3v) is 6.75. The molecule has 0 aliphatic heterocycles. The topological polar surface area (TPSA) is 86.8 Å². The summed E-state index contributed by atoms with van der Waals surface area (Å²) < 4.78 is 40.2. The molecule has 1 N–H and O–H groups in total. The van der Waals surface area contributed by atoms with Gasteiger partial charge in [-0.25, -0.2) is 12.8 Å². The van der Waals surface area contributed by atoms with Gasteiger partial charge in [0.25, 0.3) is 0 Å². The van der Waals surface area contributed by atoms with Crippen molar-refractivity contribution in [2.75, 3.05) is 23.7 Å². The van der Waals surface area contributed by atoms with Gasteiger partial charge in [0, 0.05) is 17.6 Å². The predicted molar refractivity (Wildman–Crippen MR) is 131 cm³/mol. The lowest BCUT2D eigenvalue weighted by Gasteiger charge is -2.31. The Kier molecular flexibility index (Phi) is 9.69. The van der Waals surface area contributed by atoms with Gasteiger partial charge in [0.1, 0.15) is 18.4 Å². The monoisotopic (exact) mass is 561 g/mol. The summed E-state index contributed by atoms with van der Waals surface area (Å²) in [6, 6.07) is 9.78. The van der Waals surface area contributed by atoms with Crippen molar-refractivity contribution < 1.29 is 22.4 Å². The molecule has 0 radical (unpaired) electrons. The normalized spacial score (nSPS) is 12.2. The molecule has 33 heavy (non-hydrogen) atoms. The highest BCUT2D eigenvalue weighted by Gasteiger charge is 2.30. The lowest BCUT2D eigenvalue weighted by molar-refractivity contribution is -0.139. The Morgan fingerprint density at radius 2 is 1.91 bits per heavy atom. The van der Waals surface area contributed by atoms with Gasteiger partial charge in [-0.05, 0) is 49.2 Å². The standard InChI is InChI=1S/C22H26BrClFN3O4S/c1-4-10-26-22(30)15(2)27(13-16-6-5-7-17(23)11-16)21(29)14-28(33(3,31)32)18-8-9-20(25)19(24)12-18/h5-9,11-12,15H,4,10,13-14H2,1-3H3,(H,26,30)/t15-/m0/s1. The minimum absolute atomic E-state index is 0.0442. The van der Waals surface area contributed by atoms with Gasteiger partial charge >= 0.3 is 0 Å². The van der Waals surface area contributed by atoms with E-state index in [-0.39, 0.29) is 23.2 Å². The number of nitrogens with one attached hydrogen (secondary N) is 1. The average Bonchev–Trinajstić information content (AvgIpc) is 2.74. The SMILES string of the molecule is CCCNC(=O)[C@H](C)N(Cc1cccc(Br)c1)C(=O)CN(c1ccc(F)c(Cl)c1)S(C)(=O)=O. The fourth-order valence-electron chi connectivity index (χ4n) is 3.06. The third kappa shape index (κ3) is 7.68. The lowest BCUT2D eigenvalue weighted by Crippen LogP contribution is -2.51. The van der Waals surface area contributed by atoms with Crippen LogP contribution in [0.3, 0.4) is 0 Å². The molecule has 0 aromatic heterocycles. The first-order valence-electron chi connectivity index (χ1n) is 10.2. The highest BCUT2D eigenvalue weighted by atomic mass is 79.9. The summed E-state index contributed by atoms with van der Waals surface area (Å²) >= 11 is 9.21. The summed E-state index contributed by atoms with van der Waals surface area (Å²) in [4.78, 5) is 27.3. The maximum atomic E-state index is 13.6. The van der Waals surface area contributed by atoms with Crippen LogP contribution in [0.25, 0.3) is 0 Å². The van der Waals surface area contributed by atoms with Crippen LogP contribution in [0.4, 0.5) is 10.1 Å². The molecule has 0 bridgehead atoms. The number of rotatable bonds is 10. The second kappa shape index (κ2) is 11.8. The van der Waals surface area contributed by atoms with E-state index >= 15 is 0 Å². The minimum atomic E-state index is -3.92. The first-order chi connectivity index (χ1) is 15.4. The molecule has 180 valence electrons. The van der Waals surface area contributed by atoms with E-state index in [1.54, 1.807) is 19.1 Å². The van der Waals surface area contributed by atoms with Crippen LogP contribution in [-0.2, 0) is 26.2 Å². The Labute approximate surface area is 207 Å². The molecular weight excluding hydrogens is 537 g/mol. The van der Waals surface area contributed by atoms with Crippen molar-refractivity contribution in [2.45, 2.75) is 32.9 Å². The molecule has 0 fully saturated rings. The number of carbonyl (C=O) groups is 2. The molecule has 2 amide bonds. The van der Waals surface area contributed by atoms with Gasteiger partial charge in [0.2, 0.25) is 21.8 Å². The van der Waals surface area contributed by atoms with E-state index in [4.69, 9.17) is 11.6 Å². The zero-order chi connectivity index (χ0) is 24.8. The van der Waals surface area contributed by atoms with Gasteiger partial charge in [-0.15, -0.1) is 0 Å². The van der Waals surface area contributed by atoms with Crippen molar-refractivity contribution in [3.05, 3.63) is 63.3 Å². The summed E-state index contributed by atoms with van der Waals surface area (Å²) in [6.07, 6.45) is 1.67. The van der Waals surface area contributed by atoms with Gasteiger partial charge in [-0.3, -0.25) is 13.9 Å². The molecular formula is C22H26BrClFN3O4S. The Morgan fingerprint density at radius 3 is 2.48 bits per heavy atom. The average molecular weight is 563 g/mol. The van der Waals surface area contributed by atoms with Crippen LogP contribution in [0.2, 0.25) is 5.02 Å².